The van der Waals surface area contributed by atoms with Crippen molar-refractivity contribution >= 4 is 5.69 Å². The molecule has 0 saturated heterocycles. The summed E-state index contributed by atoms with van der Waals surface area (Å²) in [6.07, 6.45) is 1.54. The molecule has 0 aliphatic rings. The van der Waals surface area contributed by atoms with Crippen LogP contribution in [0.3, 0.4) is 0 Å². The molecule has 98 valence electrons. The molecule has 0 fully saturated rings. The molecule has 0 heterocycles. The van der Waals surface area contributed by atoms with Crippen LogP contribution in [0.25, 0.3) is 0 Å². The highest BCUT2D eigenvalue weighted by Gasteiger charge is 2.21. The second kappa shape index (κ2) is 5.85. The summed E-state index contributed by atoms with van der Waals surface area (Å²) in [6, 6.07) is 3.99. The van der Waals surface area contributed by atoms with Crippen LogP contribution in [0.1, 0.15) is 43.9 Å². The van der Waals surface area contributed by atoms with E-state index in [1.165, 1.54) is 0 Å². The van der Waals surface area contributed by atoms with Gasteiger partial charge in [-0.15, -0.1) is 4.91 Å². The molecule has 18 heavy (non-hydrogen) atoms. The Morgan fingerprint density at radius 3 is 2.33 bits per heavy atom. The number of nitrogens with zero attached hydrogens (tertiary/aromatic N) is 2. The summed E-state index contributed by atoms with van der Waals surface area (Å²) in [6.45, 7) is 8.42. The summed E-state index contributed by atoms with van der Waals surface area (Å²) >= 11 is 0. The monoisotopic (exact) mass is 248 g/mol. The first-order valence-corrected chi connectivity index (χ1v) is 6.16. The van der Waals surface area contributed by atoms with Crippen LogP contribution in [0.15, 0.2) is 22.5 Å². The zero-order valence-corrected chi connectivity index (χ0v) is 11.5. The third kappa shape index (κ3) is 3.45. The molecule has 1 aromatic carbocycles. The van der Waals surface area contributed by atoms with Crippen LogP contribution < -0.4 is 0 Å². The van der Waals surface area contributed by atoms with Gasteiger partial charge in [0.25, 0.3) is 0 Å². The average Bonchev–Trinajstić information content (AvgIpc) is 2.27. The predicted molar refractivity (Wildman–Crippen MR) is 74.3 cm³/mol. The molecule has 0 aromatic heterocycles. The highest BCUT2D eigenvalue weighted by Crippen LogP contribution is 2.35. The van der Waals surface area contributed by atoms with E-state index in [-0.39, 0.29) is 5.41 Å². The molecule has 0 spiro atoms. The van der Waals surface area contributed by atoms with Crippen molar-refractivity contribution in [3.05, 3.63) is 38.6 Å². The maximum absolute atomic E-state index is 11.0. The molecule has 4 nitrogen and oxygen atoms in total. The van der Waals surface area contributed by atoms with Crippen LogP contribution in [0, 0.1) is 16.7 Å². The van der Waals surface area contributed by atoms with Crippen LogP contribution in [0.5, 0.6) is 0 Å². The van der Waals surface area contributed by atoms with Crippen molar-refractivity contribution in [3.63, 3.8) is 0 Å². The standard InChI is InChI=1S/C14H20N2O2/c1-10-8-11(6-5-7-15-17)9-12(13(10)16-18)14(2,3)4/h8-9H,5-7H2,1-4H3. The maximum Gasteiger partial charge on any atom is 0.114 e. The second-order valence-electron chi connectivity index (χ2n) is 5.61. The lowest BCUT2D eigenvalue weighted by atomic mass is 9.83. The fraction of sp³-hybridized carbons (Fsp3) is 0.571. The van der Waals surface area contributed by atoms with Crippen molar-refractivity contribution in [1.29, 1.82) is 0 Å². The first kappa shape index (κ1) is 14.5. The van der Waals surface area contributed by atoms with Gasteiger partial charge in [-0.05, 0) is 47.0 Å². The molecular formula is C14H20N2O2. The van der Waals surface area contributed by atoms with E-state index < -0.39 is 0 Å². The van der Waals surface area contributed by atoms with E-state index in [4.69, 9.17) is 0 Å². The Balaban J connectivity index is 3.14. The lowest BCUT2D eigenvalue weighted by molar-refractivity contribution is 0.589. The lowest BCUT2D eigenvalue weighted by Gasteiger charge is -2.22. The highest BCUT2D eigenvalue weighted by atomic mass is 16.3. The van der Waals surface area contributed by atoms with Gasteiger partial charge in [0.2, 0.25) is 0 Å². The topological polar surface area (TPSA) is 58.9 Å². The number of benzene rings is 1. The molecule has 0 radical (unpaired) electrons. The first-order valence-electron chi connectivity index (χ1n) is 6.16. The van der Waals surface area contributed by atoms with Crippen molar-refractivity contribution in [2.24, 2.45) is 10.4 Å². The zero-order chi connectivity index (χ0) is 13.8. The van der Waals surface area contributed by atoms with Gasteiger partial charge in [0.15, 0.2) is 0 Å². The Labute approximate surface area is 108 Å². The van der Waals surface area contributed by atoms with Gasteiger partial charge in [-0.25, -0.2) is 0 Å². The van der Waals surface area contributed by atoms with E-state index >= 15 is 0 Å². The van der Waals surface area contributed by atoms with Gasteiger partial charge in [0.05, 0.1) is 6.54 Å². The molecule has 0 aliphatic heterocycles. The molecule has 0 unspecified atom stereocenters. The smallest absolute Gasteiger partial charge is 0.114 e. The highest BCUT2D eigenvalue weighted by molar-refractivity contribution is 5.57. The van der Waals surface area contributed by atoms with Crippen LogP contribution in [-0.2, 0) is 11.8 Å². The van der Waals surface area contributed by atoms with E-state index in [0.717, 1.165) is 29.5 Å². The Bertz CT molecular complexity index is 448. The summed E-state index contributed by atoms with van der Waals surface area (Å²) in [5.41, 5.74) is 3.42. The number of rotatable bonds is 5. The number of hydrogen-bond donors (Lipinski definition) is 0. The van der Waals surface area contributed by atoms with Crippen molar-refractivity contribution in [3.8, 4) is 0 Å². The first-order chi connectivity index (χ1) is 8.40. The van der Waals surface area contributed by atoms with Crippen LogP contribution in [0.2, 0.25) is 0 Å². The summed E-state index contributed by atoms with van der Waals surface area (Å²) < 4.78 is 0. The van der Waals surface area contributed by atoms with Gasteiger partial charge in [0, 0.05) is 0 Å². The predicted octanol–water partition coefficient (Wildman–Crippen LogP) is 4.39. The van der Waals surface area contributed by atoms with Gasteiger partial charge in [-0.1, -0.05) is 38.1 Å². The fourth-order valence-electron chi connectivity index (χ4n) is 2.04. The van der Waals surface area contributed by atoms with Gasteiger partial charge < -0.3 is 0 Å². The third-order valence-corrected chi connectivity index (χ3v) is 2.97. The fourth-order valence-corrected chi connectivity index (χ4v) is 2.04. The van der Waals surface area contributed by atoms with Gasteiger partial charge in [0.1, 0.15) is 5.69 Å². The van der Waals surface area contributed by atoms with Crippen molar-refractivity contribution in [2.75, 3.05) is 6.54 Å². The van der Waals surface area contributed by atoms with E-state index in [0.29, 0.717) is 12.2 Å². The van der Waals surface area contributed by atoms with Crippen LogP contribution >= 0.6 is 0 Å². The minimum Gasteiger partial charge on any atom is -0.151 e. The minimum atomic E-state index is -0.118. The van der Waals surface area contributed by atoms with Gasteiger partial charge in [-0.2, -0.15) is 4.91 Å². The quantitative estimate of drug-likeness (QED) is 0.573. The molecule has 1 aromatic rings. The van der Waals surface area contributed by atoms with E-state index in [9.17, 15) is 9.81 Å². The average molecular weight is 248 g/mol. The minimum absolute atomic E-state index is 0.118. The Morgan fingerprint density at radius 1 is 1.17 bits per heavy atom. The largest absolute Gasteiger partial charge is 0.151 e. The zero-order valence-electron chi connectivity index (χ0n) is 11.5. The summed E-state index contributed by atoms with van der Waals surface area (Å²) in [5, 5.41) is 6.02. The van der Waals surface area contributed by atoms with E-state index in [1.807, 2.05) is 19.1 Å². The molecule has 1 rings (SSSR count). The van der Waals surface area contributed by atoms with Crippen LogP contribution in [0.4, 0.5) is 5.69 Å². The number of nitroso groups, excluding NO2 is 2. The number of hydrogen-bond acceptors (Lipinski definition) is 4. The Hall–Kier alpha value is -1.58. The van der Waals surface area contributed by atoms with Gasteiger partial charge in [-0.3, -0.25) is 0 Å². The molecule has 0 atom stereocenters. The molecular weight excluding hydrogens is 228 g/mol. The Kier molecular flexibility index (Phi) is 4.70. The molecule has 0 saturated carbocycles. The van der Waals surface area contributed by atoms with Gasteiger partial charge >= 0.3 is 0 Å². The molecule has 4 heteroatoms. The molecule has 0 bridgehead atoms. The van der Waals surface area contributed by atoms with E-state index in [2.05, 4.69) is 31.1 Å². The summed E-state index contributed by atoms with van der Waals surface area (Å²) in [7, 11) is 0. The Morgan fingerprint density at radius 2 is 1.83 bits per heavy atom. The van der Waals surface area contributed by atoms with Crippen molar-refractivity contribution in [1.82, 2.24) is 0 Å². The van der Waals surface area contributed by atoms with Crippen LogP contribution in [-0.4, -0.2) is 6.54 Å². The normalized spacial score (nSPS) is 11.3. The van der Waals surface area contributed by atoms with E-state index in [1.54, 1.807) is 0 Å². The third-order valence-electron chi connectivity index (χ3n) is 2.97. The summed E-state index contributed by atoms with van der Waals surface area (Å²) in [5.74, 6) is 0. The molecule has 0 aliphatic carbocycles. The lowest BCUT2D eigenvalue weighted by Crippen LogP contribution is -2.12. The second-order valence-corrected chi connectivity index (χ2v) is 5.61. The molecule has 0 N–H and O–H groups in total. The SMILES string of the molecule is Cc1cc(CCCN=O)cc(C(C)(C)C)c1N=O. The summed E-state index contributed by atoms with van der Waals surface area (Å²) in [4.78, 5) is 21.0. The van der Waals surface area contributed by atoms with Crippen molar-refractivity contribution < 1.29 is 0 Å². The molecule has 0 amide bonds. The van der Waals surface area contributed by atoms with Crippen molar-refractivity contribution in [2.45, 2.75) is 46.0 Å². The number of aryl methyl sites for hydroxylation is 2. The maximum atomic E-state index is 11.0.